The Morgan fingerprint density at radius 3 is 2.56 bits per heavy atom. The monoisotopic (exact) mass is 228 g/mol. The van der Waals surface area contributed by atoms with Crippen LogP contribution in [0, 0.1) is 5.92 Å². The first-order valence-corrected chi connectivity index (χ1v) is 6.22. The molecule has 4 heteroatoms. The third-order valence-electron chi connectivity index (χ3n) is 3.02. The van der Waals surface area contributed by atoms with Gasteiger partial charge in [-0.25, -0.2) is 0 Å². The van der Waals surface area contributed by atoms with Gasteiger partial charge in [0.1, 0.15) is 0 Å². The van der Waals surface area contributed by atoms with Gasteiger partial charge in [0.2, 0.25) is 5.91 Å². The van der Waals surface area contributed by atoms with Gasteiger partial charge >= 0.3 is 0 Å². The van der Waals surface area contributed by atoms with E-state index in [-0.39, 0.29) is 24.1 Å². The topological polar surface area (TPSA) is 61.4 Å². The highest BCUT2D eigenvalue weighted by Crippen LogP contribution is 2.19. The number of amides is 1. The van der Waals surface area contributed by atoms with E-state index in [1.807, 2.05) is 6.92 Å². The van der Waals surface area contributed by atoms with Crippen molar-refractivity contribution in [3.63, 3.8) is 0 Å². The van der Waals surface area contributed by atoms with E-state index in [4.69, 9.17) is 0 Å². The Morgan fingerprint density at radius 2 is 2.06 bits per heavy atom. The SMILES string of the molecule is CC(C)CNC(=O)C(C)N[C@@H]1CCC[C@H]1O. The lowest BCUT2D eigenvalue weighted by molar-refractivity contribution is -0.123. The summed E-state index contributed by atoms with van der Waals surface area (Å²) >= 11 is 0. The minimum Gasteiger partial charge on any atom is -0.392 e. The molecule has 1 aliphatic carbocycles. The van der Waals surface area contributed by atoms with Gasteiger partial charge in [0.15, 0.2) is 0 Å². The Morgan fingerprint density at radius 1 is 1.38 bits per heavy atom. The molecule has 1 amide bonds. The number of carbonyl (C=O) groups excluding carboxylic acids is 1. The highest BCUT2D eigenvalue weighted by atomic mass is 16.3. The zero-order chi connectivity index (χ0) is 12.1. The predicted molar refractivity (Wildman–Crippen MR) is 64.1 cm³/mol. The van der Waals surface area contributed by atoms with Gasteiger partial charge in [-0.2, -0.15) is 0 Å². The smallest absolute Gasteiger partial charge is 0.236 e. The predicted octanol–water partition coefficient (Wildman–Crippen LogP) is 0.650. The van der Waals surface area contributed by atoms with Crippen molar-refractivity contribution in [1.82, 2.24) is 10.6 Å². The van der Waals surface area contributed by atoms with Gasteiger partial charge < -0.3 is 15.7 Å². The Labute approximate surface area is 97.8 Å². The van der Waals surface area contributed by atoms with Gasteiger partial charge in [-0.05, 0) is 32.1 Å². The molecule has 0 aromatic carbocycles. The largest absolute Gasteiger partial charge is 0.392 e. The van der Waals surface area contributed by atoms with E-state index in [1.54, 1.807) is 0 Å². The molecular formula is C12H24N2O2. The van der Waals surface area contributed by atoms with Crippen molar-refractivity contribution in [3.05, 3.63) is 0 Å². The van der Waals surface area contributed by atoms with Gasteiger partial charge in [0.05, 0.1) is 12.1 Å². The van der Waals surface area contributed by atoms with Crippen LogP contribution >= 0.6 is 0 Å². The highest BCUT2D eigenvalue weighted by Gasteiger charge is 2.27. The van der Waals surface area contributed by atoms with Crippen molar-refractivity contribution >= 4 is 5.91 Å². The van der Waals surface area contributed by atoms with Crippen LogP contribution in [0.25, 0.3) is 0 Å². The van der Waals surface area contributed by atoms with Gasteiger partial charge in [-0.1, -0.05) is 13.8 Å². The minimum atomic E-state index is -0.291. The fraction of sp³-hybridized carbons (Fsp3) is 0.917. The molecule has 1 unspecified atom stereocenters. The second-order valence-electron chi connectivity index (χ2n) is 5.13. The van der Waals surface area contributed by atoms with Crippen LogP contribution in [0.1, 0.15) is 40.0 Å². The average molecular weight is 228 g/mol. The van der Waals surface area contributed by atoms with Gasteiger partial charge in [-0.15, -0.1) is 0 Å². The summed E-state index contributed by atoms with van der Waals surface area (Å²) < 4.78 is 0. The zero-order valence-electron chi connectivity index (χ0n) is 10.5. The number of carbonyl (C=O) groups is 1. The minimum absolute atomic E-state index is 0.0211. The van der Waals surface area contributed by atoms with Crippen LogP contribution in [0.15, 0.2) is 0 Å². The van der Waals surface area contributed by atoms with Crippen molar-refractivity contribution < 1.29 is 9.90 Å². The number of nitrogens with one attached hydrogen (secondary N) is 2. The average Bonchev–Trinajstić information content (AvgIpc) is 2.60. The number of hydrogen-bond donors (Lipinski definition) is 3. The van der Waals surface area contributed by atoms with Crippen LogP contribution in [-0.4, -0.2) is 35.7 Å². The Balaban J connectivity index is 2.28. The van der Waals surface area contributed by atoms with Crippen LogP contribution in [0.4, 0.5) is 0 Å². The first-order valence-electron chi connectivity index (χ1n) is 6.22. The Hall–Kier alpha value is -0.610. The molecule has 16 heavy (non-hydrogen) atoms. The maximum absolute atomic E-state index is 11.7. The van der Waals surface area contributed by atoms with Crippen LogP contribution in [0.3, 0.4) is 0 Å². The molecule has 4 nitrogen and oxygen atoms in total. The third kappa shape index (κ3) is 4.10. The van der Waals surface area contributed by atoms with E-state index >= 15 is 0 Å². The summed E-state index contributed by atoms with van der Waals surface area (Å²) in [5.74, 6) is 0.487. The Kier molecular flexibility index (Phi) is 5.22. The van der Waals surface area contributed by atoms with Crippen LogP contribution < -0.4 is 10.6 Å². The number of hydrogen-bond acceptors (Lipinski definition) is 3. The quantitative estimate of drug-likeness (QED) is 0.647. The Bertz CT molecular complexity index is 231. The molecule has 0 radical (unpaired) electrons. The lowest BCUT2D eigenvalue weighted by Gasteiger charge is -2.21. The molecule has 3 atom stereocenters. The molecule has 1 fully saturated rings. The number of rotatable bonds is 5. The van der Waals surface area contributed by atoms with E-state index in [0.717, 1.165) is 19.3 Å². The molecule has 0 aliphatic heterocycles. The standard InChI is InChI=1S/C12H24N2O2/c1-8(2)7-13-12(16)9(3)14-10-5-4-6-11(10)15/h8-11,14-15H,4-7H2,1-3H3,(H,13,16)/t9?,10-,11-/m1/s1. The second-order valence-corrected chi connectivity index (χ2v) is 5.13. The maximum Gasteiger partial charge on any atom is 0.236 e. The molecule has 1 rings (SSSR count). The summed E-state index contributed by atoms with van der Waals surface area (Å²) in [5.41, 5.74) is 0. The second kappa shape index (κ2) is 6.21. The summed E-state index contributed by atoms with van der Waals surface area (Å²) in [7, 11) is 0. The lowest BCUT2D eigenvalue weighted by atomic mass is 10.1. The van der Waals surface area contributed by atoms with Crippen LogP contribution in [0.2, 0.25) is 0 Å². The van der Waals surface area contributed by atoms with Crippen molar-refractivity contribution in [3.8, 4) is 0 Å². The molecule has 0 aromatic heterocycles. The molecule has 0 heterocycles. The van der Waals surface area contributed by atoms with E-state index in [2.05, 4.69) is 24.5 Å². The normalized spacial score (nSPS) is 27.1. The molecule has 3 N–H and O–H groups in total. The van der Waals surface area contributed by atoms with Crippen molar-refractivity contribution in [1.29, 1.82) is 0 Å². The number of aliphatic hydroxyl groups excluding tert-OH is 1. The van der Waals surface area contributed by atoms with E-state index in [0.29, 0.717) is 12.5 Å². The summed E-state index contributed by atoms with van der Waals surface area (Å²) in [4.78, 5) is 11.7. The van der Waals surface area contributed by atoms with E-state index in [9.17, 15) is 9.90 Å². The zero-order valence-corrected chi connectivity index (χ0v) is 10.5. The summed E-state index contributed by atoms with van der Waals surface area (Å²) in [5, 5.41) is 15.7. The molecule has 1 saturated carbocycles. The van der Waals surface area contributed by atoms with Crippen LogP contribution in [-0.2, 0) is 4.79 Å². The third-order valence-corrected chi connectivity index (χ3v) is 3.02. The first kappa shape index (κ1) is 13.5. The fourth-order valence-corrected chi connectivity index (χ4v) is 1.99. The molecule has 0 bridgehead atoms. The highest BCUT2D eigenvalue weighted by molar-refractivity contribution is 5.81. The molecular weight excluding hydrogens is 204 g/mol. The maximum atomic E-state index is 11.7. The molecule has 0 aromatic rings. The van der Waals surface area contributed by atoms with Gasteiger partial charge in [0.25, 0.3) is 0 Å². The molecule has 94 valence electrons. The molecule has 0 saturated heterocycles. The fourth-order valence-electron chi connectivity index (χ4n) is 1.99. The summed E-state index contributed by atoms with van der Waals surface area (Å²) in [6.07, 6.45) is 2.56. The van der Waals surface area contributed by atoms with Crippen molar-refractivity contribution in [2.45, 2.75) is 58.2 Å². The summed E-state index contributed by atoms with van der Waals surface area (Å²) in [6.45, 7) is 6.69. The summed E-state index contributed by atoms with van der Waals surface area (Å²) in [6, 6.07) is -0.142. The first-order chi connectivity index (χ1) is 7.50. The van der Waals surface area contributed by atoms with Crippen molar-refractivity contribution in [2.24, 2.45) is 5.92 Å². The number of aliphatic hydroxyl groups is 1. The van der Waals surface area contributed by atoms with Gasteiger partial charge in [0, 0.05) is 12.6 Å². The molecule has 0 spiro atoms. The lowest BCUT2D eigenvalue weighted by Crippen LogP contribution is -2.49. The van der Waals surface area contributed by atoms with Crippen LogP contribution in [0.5, 0.6) is 0 Å². The van der Waals surface area contributed by atoms with E-state index in [1.165, 1.54) is 0 Å². The molecule has 1 aliphatic rings. The van der Waals surface area contributed by atoms with Gasteiger partial charge in [-0.3, -0.25) is 4.79 Å². The van der Waals surface area contributed by atoms with E-state index < -0.39 is 0 Å². The van der Waals surface area contributed by atoms with Crippen molar-refractivity contribution in [2.75, 3.05) is 6.54 Å².